The van der Waals surface area contributed by atoms with E-state index >= 15 is 0 Å². The maximum atomic E-state index is 13.3. The molecule has 1 fully saturated rings. The van der Waals surface area contributed by atoms with Gasteiger partial charge in [0.15, 0.2) is 0 Å². The number of amides is 5. The zero-order valence-electron chi connectivity index (χ0n) is 19.8. The molecule has 0 unspecified atom stereocenters. The number of urea groups is 2. The number of rotatable bonds is 9. The molecule has 1 heterocycles. The fourth-order valence-corrected chi connectivity index (χ4v) is 4.95. The molecular formula is C23H26F3N5O5S. The quantitative estimate of drug-likeness (QED) is 0.362. The number of anilines is 1. The van der Waals surface area contributed by atoms with Crippen molar-refractivity contribution in [3.63, 3.8) is 0 Å². The van der Waals surface area contributed by atoms with Crippen molar-refractivity contribution in [1.29, 1.82) is 0 Å². The highest BCUT2D eigenvalue weighted by molar-refractivity contribution is 7.89. The largest absolute Gasteiger partial charge is 0.471 e. The second-order valence-corrected chi connectivity index (χ2v) is 10.0. The summed E-state index contributed by atoms with van der Waals surface area (Å²) in [6.45, 7) is 1.33. The van der Waals surface area contributed by atoms with Crippen molar-refractivity contribution in [3.05, 3.63) is 59.7 Å². The first kappa shape index (κ1) is 27.8. The van der Waals surface area contributed by atoms with Gasteiger partial charge in [-0.2, -0.15) is 13.2 Å². The van der Waals surface area contributed by atoms with Crippen LogP contribution in [-0.4, -0.2) is 50.0 Å². The van der Waals surface area contributed by atoms with Crippen LogP contribution < -0.4 is 21.3 Å². The van der Waals surface area contributed by atoms with Crippen LogP contribution in [0.5, 0.6) is 0 Å². The fourth-order valence-electron chi connectivity index (χ4n) is 3.54. The number of benzene rings is 2. The van der Waals surface area contributed by atoms with Crippen LogP contribution in [0.25, 0.3) is 0 Å². The van der Waals surface area contributed by atoms with Crippen molar-refractivity contribution in [2.24, 2.45) is 0 Å². The monoisotopic (exact) mass is 541 g/mol. The van der Waals surface area contributed by atoms with Gasteiger partial charge in [-0.25, -0.2) is 22.3 Å². The number of halogens is 3. The van der Waals surface area contributed by atoms with Gasteiger partial charge < -0.3 is 21.3 Å². The number of hydrogen-bond donors (Lipinski definition) is 4. The highest BCUT2D eigenvalue weighted by Gasteiger charge is 2.40. The lowest BCUT2D eigenvalue weighted by molar-refractivity contribution is -0.173. The Labute approximate surface area is 211 Å². The minimum Gasteiger partial charge on any atom is -0.344 e. The predicted octanol–water partition coefficient (Wildman–Crippen LogP) is 3.24. The van der Waals surface area contributed by atoms with E-state index in [2.05, 4.69) is 16.0 Å². The van der Waals surface area contributed by atoms with E-state index < -0.39 is 51.7 Å². The topological polar surface area (TPSA) is 137 Å². The molecule has 5 amide bonds. The first-order valence-corrected chi connectivity index (χ1v) is 12.8. The fraction of sp³-hybridized carbons (Fsp3) is 0.348. The Morgan fingerprint density at radius 1 is 1.11 bits per heavy atom. The SMILES string of the molecule is CCCCNC(=O)Nc1ccc(S(=O)(=O)N2C[C@H](c3ccccc3)NC2=O)cc1CNC(=O)C(F)(F)F. The summed E-state index contributed by atoms with van der Waals surface area (Å²) in [5.74, 6) is -2.23. The van der Waals surface area contributed by atoms with Crippen molar-refractivity contribution in [3.8, 4) is 0 Å². The van der Waals surface area contributed by atoms with Gasteiger partial charge in [0.1, 0.15) is 0 Å². The molecule has 0 aliphatic carbocycles. The third-order valence-electron chi connectivity index (χ3n) is 5.50. The number of nitrogens with zero attached hydrogens (tertiary/aromatic N) is 1. The Hall–Kier alpha value is -3.81. The van der Waals surface area contributed by atoms with Crippen LogP contribution in [0.2, 0.25) is 0 Å². The molecule has 1 saturated heterocycles. The predicted molar refractivity (Wildman–Crippen MR) is 128 cm³/mol. The summed E-state index contributed by atoms with van der Waals surface area (Å²) in [7, 11) is -4.42. The Balaban J connectivity index is 1.87. The van der Waals surface area contributed by atoms with Gasteiger partial charge in [0.2, 0.25) is 0 Å². The van der Waals surface area contributed by atoms with Crippen molar-refractivity contribution < 1.29 is 36.0 Å². The van der Waals surface area contributed by atoms with E-state index in [1.807, 2.05) is 6.92 Å². The molecular weight excluding hydrogens is 515 g/mol. The maximum absolute atomic E-state index is 13.3. The Morgan fingerprint density at radius 2 is 1.81 bits per heavy atom. The first-order chi connectivity index (χ1) is 17.4. The number of sulfonamides is 1. The molecule has 0 spiro atoms. The third kappa shape index (κ3) is 6.90. The second-order valence-electron chi connectivity index (χ2n) is 8.18. The summed E-state index contributed by atoms with van der Waals surface area (Å²) in [4.78, 5) is 35.6. The zero-order chi connectivity index (χ0) is 27.2. The molecule has 37 heavy (non-hydrogen) atoms. The molecule has 1 atom stereocenters. The smallest absolute Gasteiger partial charge is 0.344 e. The van der Waals surface area contributed by atoms with Gasteiger partial charge in [0.05, 0.1) is 17.5 Å². The first-order valence-electron chi connectivity index (χ1n) is 11.3. The Morgan fingerprint density at radius 3 is 2.46 bits per heavy atom. The van der Waals surface area contributed by atoms with Gasteiger partial charge in [-0.1, -0.05) is 43.7 Å². The highest BCUT2D eigenvalue weighted by Crippen LogP contribution is 2.28. The zero-order valence-corrected chi connectivity index (χ0v) is 20.6. The van der Waals surface area contributed by atoms with Gasteiger partial charge in [-0.3, -0.25) is 4.79 Å². The van der Waals surface area contributed by atoms with Crippen LogP contribution in [0.4, 0.5) is 28.4 Å². The summed E-state index contributed by atoms with van der Waals surface area (Å²) in [5, 5.41) is 9.27. The lowest BCUT2D eigenvalue weighted by Crippen LogP contribution is -2.37. The van der Waals surface area contributed by atoms with E-state index in [1.165, 1.54) is 6.07 Å². The van der Waals surface area contributed by atoms with Crippen LogP contribution in [0.3, 0.4) is 0 Å². The van der Waals surface area contributed by atoms with E-state index in [4.69, 9.17) is 0 Å². The Bertz CT molecular complexity index is 1260. The number of carbonyl (C=O) groups excluding carboxylic acids is 3. The van der Waals surface area contributed by atoms with Gasteiger partial charge in [0, 0.05) is 18.8 Å². The van der Waals surface area contributed by atoms with Crippen LogP contribution >= 0.6 is 0 Å². The molecule has 0 radical (unpaired) electrons. The summed E-state index contributed by atoms with van der Waals surface area (Å²) in [6.07, 6.45) is -3.65. The lowest BCUT2D eigenvalue weighted by Gasteiger charge is -2.18. The third-order valence-corrected chi connectivity index (χ3v) is 7.25. The van der Waals surface area contributed by atoms with Gasteiger partial charge in [-0.15, -0.1) is 0 Å². The molecule has 200 valence electrons. The molecule has 10 nitrogen and oxygen atoms in total. The molecule has 3 rings (SSSR count). The van der Waals surface area contributed by atoms with Crippen molar-refractivity contribution in [2.45, 2.75) is 43.4 Å². The van der Waals surface area contributed by atoms with Crippen molar-refractivity contribution in [1.82, 2.24) is 20.3 Å². The molecule has 2 aromatic carbocycles. The molecule has 14 heteroatoms. The molecule has 1 aliphatic heterocycles. The number of alkyl halides is 3. The average Bonchev–Trinajstić information content (AvgIpc) is 3.25. The number of carbonyl (C=O) groups is 3. The number of nitrogens with one attached hydrogen (secondary N) is 4. The minimum atomic E-state index is -5.16. The van der Waals surface area contributed by atoms with Gasteiger partial charge in [0.25, 0.3) is 10.0 Å². The minimum absolute atomic E-state index is 0.0107. The van der Waals surface area contributed by atoms with Crippen LogP contribution in [0.1, 0.15) is 36.9 Å². The lowest BCUT2D eigenvalue weighted by atomic mass is 10.1. The van der Waals surface area contributed by atoms with E-state index in [1.54, 1.807) is 35.6 Å². The van der Waals surface area contributed by atoms with E-state index in [9.17, 15) is 36.0 Å². The summed E-state index contributed by atoms with van der Waals surface area (Å²) in [5.41, 5.74) is 0.574. The van der Waals surface area contributed by atoms with Crippen molar-refractivity contribution in [2.75, 3.05) is 18.4 Å². The van der Waals surface area contributed by atoms with E-state index in [-0.39, 0.29) is 17.8 Å². The molecule has 1 aliphatic rings. The summed E-state index contributed by atoms with van der Waals surface area (Å²) < 4.78 is 65.3. The maximum Gasteiger partial charge on any atom is 0.471 e. The van der Waals surface area contributed by atoms with E-state index in [0.717, 1.165) is 18.6 Å². The molecule has 0 saturated carbocycles. The van der Waals surface area contributed by atoms with Crippen LogP contribution in [0.15, 0.2) is 53.4 Å². The number of unbranched alkanes of at least 4 members (excludes halogenated alkanes) is 1. The van der Waals surface area contributed by atoms with Crippen molar-refractivity contribution >= 4 is 33.7 Å². The summed E-state index contributed by atoms with van der Waals surface area (Å²) >= 11 is 0. The van der Waals surface area contributed by atoms with Crippen LogP contribution in [-0.2, 0) is 21.4 Å². The molecule has 2 aromatic rings. The van der Waals surface area contributed by atoms with Crippen LogP contribution in [0, 0.1) is 0 Å². The normalized spacial score (nSPS) is 15.7. The van der Waals surface area contributed by atoms with E-state index in [0.29, 0.717) is 22.8 Å². The summed E-state index contributed by atoms with van der Waals surface area (Å²) in [6, 6.07) is 9.92. The molecule has 0 bridgehead atoms. The highest BCUT2D eigenvalue weighted by atomic mass is 32.2. The number of hydrogen-bond acceptors (Lipinski definition) is 5. The molecule has 0 aromatic heterocycles. The average molecular weight is 542 g/mol. The van der Waals surface area contributed by atoms with Gasteiger partial charge in [-0.05, 0) is 35.7 Å². The second kappa shape index (κ2) is 11.5. The molecule has 4 N–H and O–H groups in total. The standard InChI is InChI=1S/C23H26F3N5O5S/c1-2-3-11-27-21(33)29-18-10-9-17(12-16(18)13-28-20(32)23(24,25)26)37(35,36)31-14-19(30-22(31)34)15-7-5-4-6-8-15/h4-10,12,19H,2-3,11,13-14H2,1H3,(H,28,32)(H,30,34)(H2,27,29,33)/t19-/m1/s1. The van der Waals surface area contributed by atoms with Gasteiger partial charge >= 0.3 is 24.1 Å². The Kier molecular flexibility index (Phi) is 8.63.